The highest BCUT2D eigenvalue weighted by Gasteiger charge is 2.25. The second-order valence-electron chi connectivity index (χ2n) is 3.09. The third-order valence-corrected chi connectivity index (χ3v) is 1.92. The summed E-state index contributed by atoms with van der Waals surface area (Å²) in [5, 5.41) is 3.13. The molecule has 0 aromatic heterocycles. The molecule has 0 aromatic carbocycles. The Bertz CT molecular complexity index is 92.9. The Morgan fingerprint density at radius 3 is 2.44 bits per heavy atom. The Morgan fingerprint density at radius 2 is 2.22 bits per heavy atom. The molecule has 0 amide bonds. The molecule has 0 aliphatic carbocycles. The van der Waals surface area contributed by atoms with Crippen LogP contribution in [0.2, 0.25) is 0 Å². The zero-order chi connectivity index (χ0) is 6.85. The minimum atomic E-state index is -0.600. The molecule has 0 spiro atoms. The third kappa shape index (κ3) is 1.65. The first-order chi connectivity index (χ1) is 4.20. The van der Waals surface area contributed by atoms with Crippen LogP contribution in [-0.4, -0.2) is 18.8 Å². The summed E-state index contributed by atoms with van der Waals surface area (Å²) in [5.74, 6) is 0.575. The zero-order valence-electron chi connectivity index (χ0n) is 6.02. The molecule has 9 heavy (non-hydrogen) atoms. The van der Waals surface area contributed by atoms with Crippen molar-refractivity contribution in [3.63, 3.8) is 0 Å². The molecule has 0 unspecified atom stereocenters. The summed E-state index contributed by atoms with van der Waals surface area (Å²) in [7, 11) is 0. The molecule has 2 heteroatoms. The van der Waals surface area contributed by atoms with E-state index in [-0.39, 0.29) is 0 Å². The van der Waals surface area contributed by atoms with Crippen LogP contribution >= 0.6 is 0 Å². The predicted molar refractivity (Wildman–Crippen MR) is 36.1 cm³/mol. The van der Waals surface area contributed by atoms with Gasteiger partial charge in [-0.2, -0.15) is 0 Å². The summed E-state index contributed by atoms with van der Waals surface area (Å²) in [5.41, 5.74) is 0. The van der Waals surface area contributed by atoms with Gasteiger partial charge in [-0.15, -0.1) is 0 Å². The first kappa shape index (κ1) is 7.00. The van der Waals surface area contributed by atoms with Crippen LogP contribution in [0.25, 0.3) is 0 Å². The molecule has 1 fully saturated rings. The van der Waals surface area contributed by atoms with Crippen molar-refractivity contribution in [1.29, 1.82) is 0 Å². The average Bonchev–Trinajstić information content (AvgIpc) is 2.14. The summed E-state index contributed by atoms with van der Waals surface area (Å²) in [6, 6.07) is 0.417. The van der Waals surface area contributed by atoms with Crippen molar-refractivity contribution in [2.24, 2.45) is 5.92 Å². The van der Waals surface area contributed by atoms with E-state index in [0.717, 1.165) is 0 Å². The molecule has 1 N–H and O–H groups in total. The first-order valence-electron chi connectivity index (χ1n) is 3.57. The second-order valence-corrected chi connectivity index (χ2v) is 3.09. The van der Waals surface area contributed by atoms with Crippen molar-refractivity contribution >= 4 is 0 Å². The van der Waals surface area contributed by atoms with Gasteiger partial charge >= 0.3 is 0 Å². The van der Waals surface area contributed by atoms with Gasteiger partial charge in [-0.1, -0.05) is 13.8 Å². The molecule has 1 heterocycles. The minimum Gasteiger partial charge on any atom is -0.311 e. The Labute approximate surface area is 55.6 Å². The summed E-state index contributed by atoms with van der Waals surface area (Å²) in [4.78, 5) is 0. The highest BCUT2D eigenvalue weighted by atomic mass is 19.1. The zero-order valence-corrected chi connectivity index (χ0v) is 6.02. The quantitative estimate of drug-likeness (QED) is 0.566. The number of alkyl halides is 1. The normalized spacial score (nSPS) is 36.0. The summed E-state index contributed by atoms with van der Waals surface area (Å²) < 4.78 is 12.5. The van der Waals surface area contributed by atoms with E-state index in [1.807, 2.05) is 0 Å². The monoisotopic (exact) mass is 131 g/mol. The highest BCUT2D eigenvalue weighted by molar-refractivity contribution is 4.82. The largest absolute Gasteiger partial charge is 0.311 e. The lowest BCUT2D eigenvalue weighted by molar-refractivity contribution is 0.344. The fourth-order valence-electron chi connectivity index (χ4n) is 1.23. The van der Waals surface area contributed by atoms with Gasteiger partial charge < -0.3 is 5.32 Å². The molecular formula is C7H14FN. The van der Waals surface area contributed by atoms with Crippen LogP contribution in [0.1, 0.15) is 20.3 Å². The van der Waals surface area contributed by atoms with Crippen LogP contribution in [0.3, 0.4) is 0 Å². The van der Waals surface area contributed by atoms with Crippen LogP contribution in [-0.2, 0) is 0 Å². The molecule has 1 nitrogen and oxygen atoms in total. The standard InChI is InChI=1S/C7H14FN/c1-5(2)7-3-6(8)4-9-7/h5-7,9H,3-4H2,1-2H3/t6-,7-/m0/s1. The number of hydrogen-bond acceptors (Lipinski definition) is 1. The van der Waals surface area contributed by atoms with E-state index >= 15 is 0 Å². The van der Waals surface area contributed by atoms with Gasteiger partial charge in [0.25, 0.3) is 0 Å². The molecule has 0 saturated carbocycles. The summed E-state index contributed by atoms with van der Waals surface area (Å²) in [6.45, 7) is 4.80. The maximum Gasteiger partial charge on any atom is 0.114 e. The topological polar surface area (TPSA) is 12.0 Å². The van der Waals surface area contributed by atoms with E-state index < -0.39 is 6.17 Å². The number of hydrogen-bond donors (Lipinski definition) is 1. The van der Waals surface area contributed by atoms with Gasteiger partial charge in [-0.05, 0) is 12.3 Å². The van der Waals surface area contributed by atoms with Gasteiger partial charge in [-0.25, -0.2) is 4.39 Å². The van der Waals surface area contributed by atoms with Crippen molar-refractivity contribution < 1.29 is 4.39 Å². The molecule has 1 rings (SSSR count). The van der Waals surface area contributed by atoms with Crippen molar-refractivity contribution in [1.82, 2.24) is 5.32 Å². The smallest absolute Gasteiger partial charge is 0.114 e. The molecule has 2 atom stereocenters. The van der Waals surface area contributed by atoms with E-state index in [4.69, 9.17) is 0 Å². The Morgan fingerprint density at radius 1 is 1.56 bits per heavy atom. The van der Waals surface area contributed by atoms with Gasteiger partial charge in [-0.3, -0.25) is 0 Å². The van der Waals surface area contributed by atoms with Gasteiger partial charge in [0.15, 0.2) is 0 Å². The van der Waals surface area contributed by atoms with E-state index in [2.05, 4.69) is 19.2 Å². The Kier molecular flexibility index (Phi) is 2.06. The Balaban J connectivity index is 2.30. The molecule has 1 aliphatic heterocycles. The van der Waals surface area contributed by atoms with Crippen LogP contribution in [0.5, 0.6) is 0 Å². The van der Waals surface area contributed by atoms with E-state index in [9.17, 15) is 4.39 Å². The molecule has 0 aromatic rings. The van der Waals surface area contributed by atoms with E-state index in [1.165, 1.54) is 0 Å². The molecule has 54 valence electrons. The molecular weight excluding hydrogens is 117 g/mol. The summed E-state index contributed by atoms with van der Waals surface area (Å²) in [6.07, 6.45) is 0.106. The fourth-order valence-corrected chi connectivity index (χ4v) is 1.23. The molecule has 0 radical (unpaired) electrons. The first-order valence-corrected chi connectivity index (χ1v) is 3.57. The molecule has 0 bridgehead atoms. The lowest BCUT2D eigenvalue weighted by Crippen LogP contribution is -2.26. The summed E-state index contributed by atoms with van der Waals surface area (Å²) >= 11 is 0. The number of rotatable bonds is 1. The maximum atomic E-state index is 12.5. The van der Waals surface area contributed by atoms with Crippen LogP contribution in [0.15, 0.2) is 0 Å². The van der Waals surface area contributed by atoms with Crippen LogP contribution in [0, 0.1) is 5.92 Å². The highest BCUT2D eigenvalue weighted by Crippen LogP contribution is 2.16. The van der Waals surface area contributed by atoms with Crippen molar-refractivity contribution in [3.8, 4) is 0 Å². The van der Waals surface area contributed by atoms with Crippen molar-refractivity contribution in [2.75, 3.05) is 6.54 Å². The Hall–Kier alpha value is -0.110. The number of nitrogens with one attached hydrogen (secondary N) is 1. The van der Waals surface area contributed by atoms with Crippen LogP contribution in [0.4, 0.5) is 4.39 Å². The predicted octanol–water partition coefficient (Wildman–Crippen LogP) is 1.34. The van der Waals surface area contributed by atoms with E-state index in [0.29, 0.717) is 24.9 Å². The fraction of sp³-hybridized carbons (Fsp3) is 1.00. The molecule has 1 aliphatic rings. The SMILES string of the molecule is CC(C)[C@@H]1C[C@H](F)CN1. The van der Waals surface area contributed by atoms with E-state index in [1.54, 1.807) is 0 Å². The molecule has 1 saturated heterocycles. The van der Waals surface area contributed by atoms with Gasteiger partial charge in [0.05, 0.1) is 0 Å². The lowest BCUT2D eigenvalue weighted by atomic mass is 10.0. The minimum absolute atomic E-state index is 0.417. The average molecular weight is 131 g/mol. The van der Waals surface area contributed by atoms with Gasteiger partial charge in [0.1, 0.15) is 6.17 Å². The lowest BCUT2D eigenvalue weighted by Gasteiger charge is -2.12. The number of halogens is 1. The van der Waals surface area contributed by atoms with Crippen LogP contribution < -0.4 is 5.32 Å². The third-order valence-electron chi connectivity index (χ3n) is 1.92. The van der Waals surface area contributed by atoms with Gasteiger partial charge in [0, 0.05) is 12.6 Å². The second kappa shape index (κ2) is 2.65. The van der Waals surface area contributed by atoms with Gasteiger partial charge in [0.2, 0.25) is 0 Å². The van der Waals surface area contributed by atoms with Crippen molar-refractivity contribution in [3.05, 3.63) is 0 Å². The van der Waals surface area contributed by atoms with Crippen molar-refractivity contribution in [2.45, 2.75) is 32.5 Å². The maximum absolute atomic E-state index is 12.5.